The predicted octanol–water partition coefficient (Wildman–Crippen LogP) is 2.85. The van der Waals surface area contributed by atoms with Crippen molar-refractivity contribution in [1.82, 2.24) is 4.98 Å². The molecule has 4 rings (SSSR count). The number of rotatable bonds is 4. The van der Waals surface area contributed by atoms with Crippen LogP contribution in [0, 0.1) is 0 Å². The van der Waals surface area contributed by atoms with Gasteiger partial charge in [-0.1, -0.05) is 32.9 Å². The normalized spacial score (nSPS) is 17.8. The van der Waals surface area contributed by atoms with Gasteiger partial charge in [0, 0.05) is 29.5 Å². The number of nitrogens with one attached hydrogen (secondary N) is 1. The first-order valence-corrected chi connectivity index (χ1v) is 10.8. The first-order valence-electron chi connectivity index (χ1n) is 10.8. The number of aliphatic hydroxyl groups excluding tert-OH is 1. The number of nitrogen functional groups attached to an aromatic ring is 1. The molecule has 33 heavy (non-hydrogen) atoms. The maximum atomic E-state index is 13.1. The van der Waals surface area contributed by atoms with E-state index in [2.05, 4.69) is 31.1 Å². The van der Waals surface area contributed by atoms with Gasteiger partial charge in [-0.2, -0.15) is 0 Å². The Kier molecular flexibility index (Phi) is 6.05. The molecule has 4 N–H and O–H groups in total. The van der Waals surface area contributed by atoms with Crippen LogP contribution in [0.25, 0.3) is 10.8 Å². The van der Waals surface area contributed by atoms with Crippen LogP contribution in [0.3, 0.4) is 0 Å². The molecule has 3 aromatic rings. The van der Waals surface area contributed by atoms with Crippen LogP contribution in [-0.2, 0) is 19.7 Å². The Morgan fingerprint density at radius 3 is 2.64 bits per heavy atom. The Morgan fingerprint density at radius 2 is 1.94 bits per heavy atom. The Labute approximate surface area is 192 Å². The Bertz CT molecular complexity index is 1190. The fraction of sp³-hybridized carbons (Fsp3) is 0.320. The van der Waals surface area contributed by atoms with E-state index in [0.29, 0.717) is 23.7 Å². The number of ether oxygens (including phenoxy) is 1. The molecule has 2 amide bonds. The van der Waals surface area contributed by atoms with E-state index in [-0.39, 0.29) is 12.0 Å². The van der Waals surface area contributed by atoms with Crippen molar-refractivity contribution in [3.8, 4) is 0 Å². The highest BCUT2D eigenvalue weighted by atomic mass is 16.5. The summed E-state index contributed by atoms with van der Waals surface area (Å²) in [5, 5.41) is 14.8. The van der Waals surface area contributed by atoms with Crippen LogP contribution in [-0.4, -0.2) is 47.3 Å². The number of hydrogen-bond donors (Lipinski definition) is 3. The average molecular weight is 449 g/mol. The quantitative estimate of drug-likeness (QED) is 0.565. The van der Waals surface area contributed by atoms with Gasteiger partial charge in [-0.05, 0) is 52.8 Å². The van der Waals surface area contributed by atoms with Gasteiger partial charge in [0.2, 0.25) is 0 Å². The third-order valence-electron chi connectivity index (χ3n) is 5.78. The third kappa shape index (κ3) is 4.67. The molecule has 2 heterocycles. The maximum Gasteiger partial charge on any atom is 0.259 e. The molecular weight excluding hydrogens is 420 g/mol. The molecule has 172 valence electrons. The second-order valence-corrected chi connectivity index (χ2v) is 9.14. The van der Waals surface area contributed by atoms with Gasteiger partial charge in [-0.3, -0.25) is 9.59 Å². The molecule has 1 aliphatic rings. The maximum absolute atomic E-state index is 13.1. The number of morpholine rings is 1. The lowest BCUT2D eigenvalue weighted by atomic mass is 9.87. The monoisotopic (exact) mass is 448 g/mol. The number of nitrogens with two attached hydrogens (primary N) is 1. The Balaban J connectivity index is 1.47. The van der Waals surface area contributed by atoms with Crippen LogP contribution in [0.5, 0.6) is 0 Å². The summed E-state index contributed by atoms with van der Waals surface area (Å²) in [7, 11) is 0. The fourth-order valence-electron chi connectivity index (χ4n) is 3.86. The molecule has 1 fully saturated rings. The number of carbonyl (C=O) groups excluding carboxylic acids is 2. The topological polar surface area (TPSA) is 118 Å². The number of anilines is 3. The molecule has 0 saturated carbocycles. The van der Waals surface area contributed by atoms with Crippen molar-refractivity contribution >= 4 is 39.8 Å². The summed E-state index contributed by atoms with van der Waals surface area (Å²) >= 11 is 0. The van der Waals surface area contributed by atoms with Crippen LogP contribution in [0.4, 0.5) is 17.2 Å². The number of pyridine rings is 1. The van der Waals surface area contributed by atoms with Crippen LogP contribution in [0.2, 0.25) is 0 Å². The summed E-state index contributed by atoms with van der Waals surface area (Å²) in [6, 6.07) is 14.6. The van der Waals surface area contributed by atoms with Crippen molar-refractivity contribution in [2.75, 3.05) is 29.1 Å². The molecule has 2 aromatic carbocycles. The van der Waals surface area contributed by atoms with Gasteiger partial charge in [0.1, 0.15) is 5.82 Å². The number of fused-ring (bicyclic) bond motifs is 1. The summed E-state index contributed by atoms with van der Waals surface area (Å²) in [4.78, 5) is 31.3. The summed E-state index contributed by atoms with van der Waals surface area (Å²) in [6.07, 6.45) is -1.37. The Hall–Kier alpha value is -3.49. The molecule has 0 radical (unpaired) electrons. The second kappa shape index (κ2) is 8.80. The first-order chi connectivity index (χ1) is 15.6. The van der Waals surface area contributed by atoms with Gasteiger partial charge < -0.3 is 25.8 Å². The van der Waals surface area contributed by atoms with Crippen molar-refractivity contribution in [2.24, 2.45) is 0 Å². The molecular formula is C25H28N4O4. The number of aliphatic hydroxyl groups is 1. The summed E-state index contributed by atoms with van der Waals surface area (Å²) in [5.74, 6) is -0.785. The van der Waals surface area contributed by atoms with Gasteiger partial charge in [0.25, 0.3) is 11.8 Å². The van der Waals surface area contributed by atoms with Gasteiger partial charge in [0.05, 0.1) is 6.61 Å². The summed E-state index contributed by atoms with van der Waals surface area (Å²) < 4.78 is 5.50. The molecule has 1 aliphatic heterocycles. The van der Waals surface area contributed by atoms with E-state index < -0.39 is 24.0 Å². The highest BCUT2D eigenvalue weighted by Crippen LogP contribution is 2.27. The van der Waals surface area contributed by atoms with Crippen molar-refractivity contribution in [2.45, 2.75) is 38.4 Å². The number of aromatic nitrogens is 1. The van der Waals surface area contributed by atoms with E-state index >= 15 is 0 Å². The minimum Gasteiger partial charge on any atom is -0.383 e. The van der Waals surface area contributed by atoms with Gasteiger partial charge in [-0.15, -0.1) is 0 Å². The average Bonchev–Trinajstić information content (AvgIpc) is 2.78. The second-order valence-electron chi connectivity index (χ2n) is 9.14. The number of amides is 2. The number of carbonyl (C=O) groups is 2. The van der Waals surface area contributed by atoms with E-state index in [4.69, 9.17) is 10.5 Å². The Morgan fingerprint density at radius 1 is 1.21 bits per heavy atom. The van der Waals surface area contributed by atoms with Crippen LogP contribution < -0.4 is 16.0 Å². The van der Waals surface area contributed by atoms with Crippen LogP contribution in [0.15, 0.2) is 54.7 Å². The molecule has 1 saturated heterocycles. The van der Waals surface area contributed by atoms with Gasteiger partial charge in [-0.25, -0.2) is 4.98 Å². The predicted molar refractivity (Wildman–Crippen MR) is 128 cm³/mol. The lowest BCUT2D eigenvalue weighted by Crippen LogP contribution is -2.55. The van der Waals surface area contributed by atoms with Crippen molar-refractivity contribution in [3.05, 3.63) is 60.3 Å². The summed E-state index contributed by atoms with van der Waals surface area (Å²) in [5.41, 5.74) is 8.18. The molecule has 1 aromatic heterocycles. The molecule has 1 unspecified atom stereocenters. The minimum atomic E-state index is -1.66. The van der Waals surface area contributed by atoms with E-state index in [1.807, 2.05) is 24.3 Å². The molecule has 8 heteroatoms. The number of hydrogen-bond acceptors (Lipinski definition) is 6. The lowest BCUT2D eigenvalue weighted by molar-refractivity contribution is -0.150. The van der Waals surface area contributed by atoms with Crippen LogP contribution >= 0.6 is 0 Å². The zero-order valence-corrected chi connectivity index (χ0v) is 18.9. The van der Waals surface area contributed by atoms with Crippen molar-refractivity contribution in [1.29, 1.82) is 0 Å². The minimum absolute atomic E-state index is 0.00460. The zero-order chi connectivity index (χ0) is 23.8. The molecule has 0 spiro atoms. The number of benzene rings is 2. The van der Waals surface area contributed by atoms with Gasteiger partial charge >= 0.3 is 0 Å². The third-order valence-corrected chi connectivity index (χ3v) is 5.78. The lowest BCUT2D eigenvalue weighted by Gasteiger charge is -2.34. The summed E-state index contributed by atoms with van der Waals surface area (Å²) in [6.45, 7) is 6.92. The molecule has 8 nitrogen and oxygen atoms in total. The molecule has 2 atom stereocenters. The smallest absolute Gasteiger partial charge is 0.259 e. The standard InChI is InChI=1S/C25H28N4O4/c1-25(2,3)16-4-7-18(8-5-16)29-12-13-33-21(24(29)32)20(30)23(31)28-17-6-9-19-15(14-17)10-11-27-22(19)26/h4-11,14,20-21,30H,12-13H2,1-3H3,(H2,26,27)(H,28,31)/t20?,21-/m1/s1. The zero-order valence-electron chi connectivity index (χ0n) is 18.9. The van der Waals surface area contributed by atoms with Crippen molar-refractivity contribution in [3.63, 3.8) is 0 Å². The molecule has 0 bridgehead atoms. The highest BCUT2D eigenvalue weighted by Gasteiger charge is 2.39. The van der Waals surface area contributed by atoms with Crippen molar-refractivity contribution < 1.29 is 19.4 Å². The van der Waals surface area contributed by atoms with E-state index in [1.165, 1.54) is 0 Å². The highest BCUT2D eigenvalue weighted by molar-refractivity contribution is 6.04. The first kappa shape index (κ1) is 22.7. The fourth-order valence-corrected chi connectivity index (χ4v) is 3.86. The SMILES string of the molecule is CC(C)(C)c1ccc(N2CCO[C@H](C(O)C(=O)Nc3ccc4c(N)nccc4c3)C2=O)cc1. The van der Waals surface area contributed by atoms with E-state index in [1.54, 1.807) is 35.4 Å². The molecule has 0 aliphatic carbocycles. The van der Waals surface area contributed by atoms with E-state index in [0.717, 1.165) is 16.3 Å². The van der Waals surface area contributed by atoms with Gasteiger partial charge in [0.15, 0.2) is 12.2 Å². The number of nitrogens with zero attached hydrogens (tertiary/aromatic N) is 2. The van der Waals surface area contributed by atoms with E-state index in [9.17, 15) is 14.7 Å². The van der Waals surface area contributed by atoms with Crippen LogP contribution in [0.1, 0.15) is 26.3 Å². The largest absolute Gasteiger partial charge is 0.383 e.